The third-order valence-corrected chi connectivity index (χ3v) is 4.85. The van der Waals surface area contributed by atoms with E-state index in [-0.39, 0.29) is 6.23 Å². The summed E-state index contributed by atoms with van der Waals surface area (Å²) in [6.45, 7) is 2.92. The molecule has 154 valence electrons. The molecule has 0 amide bonds. The number of aromatic nitrogens is 1. The molecule has 1 aromatic heterocycles. The van der Waals surface area contributed by atoms with Gasteiger partial charge in [0, 0.05) is 18.2 Å². The topological polar surface area (TPSA) is 57.0 Å². The highest BCUT2D eigenvalue weighted by Crippen LogP contribution is 2.28. The molecule has 29 heavy (non-hydrogen) atoms. The summed E-state index contributed by atoms with van der Waals surface area (Å²) in [5, 5.41) is 4.07. The Kier molecular flexibility index (Phi) is 7.14. The maximum atomic E-state index is 6.07. The molecule has 0 saturated heterocycles. The molecule has 1 heterocycles. The highest BCUT2D eigenvalue weighted by atomic mass is 16.6. The third-order valence-electron chi connectivity index (χ3n) is 4.85. The van der Waals surface area contributed by atoms with Crippen molar-refractivity contribution >= 4 is 0 Å². The average Bonchev–Trinajstić information content (AvgIpc) is 3.24. The predicted octanol–water partition coefficient (Wildman–Crippen LogP) is 4.65. The summed E-state index contributed by atoms with van der Waals surface area (Å²) in [5.74, 6) is 2.67. The molecule has 0 N–H and O–H groups in total. The van der Waals surface area contributed by atoms with Crippen molar-refractivity contribution in [2.45, 2.75) is 26.0 Å². The maximum Gasteiger partial charge on any atom is 0.256 e. The first kappa shape index (κ1) is 20.7. The first-order valence-electron chi connectivity index (χ1n) is 9.74. The van der Waals surface area contributed by atoms with Gasteiger partial charge in [-0.15, -0.1) is 0 Å². The second-order valence-corrected chi connectivity index (χ2v) is 6.80. The van der Waals surface area contributed by atoms with Crippen LogP contribution in [0.3, 0.4) is 0 Å². The number of benzene rings is 2. The van der Waals surface area contributed by atoms with E-state index in [2.05, 4.69) is 23.0 Å². The monoisotopic (exact) mass is 396 g/mol. The first-order chi connectivity index (χ1) is 14.1. The Morgan fingerprint density at radius 3 is 2.45 bits per heavy atom. The number of hydrogen-bond donors (Lipinski definition) is 0. The summed E-state index contributed by atoms with van der Waals surface area (Å²) in [6, 6.07) is 17.7. The minimum absolute atomic E-state index is 0.0936. The van der Waals surface area contributed by atoms with Gasteiger partial charge in [-0.3, -0.25) is 4.90 Å². The van der Waals surface area contributed by atoms with Gasteiger partial charge < -0.3 is 18.7 Å². The molecule has 1 atom stereocenters. The second-order valence-electron chi connectivity index (χ2n) is 6.80. The number of ether oxygens (including phenoxy) is 3. The molecule has 0 spiro atoms. The van der Waals surface area contributed by atoms with Crippen molar-refractivity contribution in [2.24, 2.45) is 0 Å². The van der Waals surface area contributed by atoms with E-state index in [9.17, 15) is 0 Å². The normalized spacial score (nSPS) is 12.0. The zero-order chi connectivity index (χ0) is 20.6. The van der Waals surface area contributed by atoms with E-state index < -0.39 is 0 Å². The van der Waals surface area contributed by atoms with Crippen LogP contribution in [-0.2, 0) is 6.42 Å². The lowest BCUT2D eigenvalue weighted by Crippen LogP contribution is -2.37. The summed E-state index contributed by atoms with van der Waals surface area (Å²) in [5.41, 5.74) is 2.15. The number of methoxy groups -OCH3 is 2. The molecule has 0 bridgehead atoms. The van der Waals surface area contributed by atoms with Crippen LogP contribution in [0.25, 0.3) is 11.3 Å². The summed E-state index contributed by atoms with van der Waals surface area (Å²) in [4.78, 5) is 2.17. The lowest BCUT2D eigenvalue weighted by atomic mass is 10.1. The summed E-state index contributed by atoms with van der Waals surface area (Å²) < 4.78 is 22.2. The Bertz CT molecular complexity index is 895. The Hall–Kier alpha value is -2.99. The van der Waals surface area contributed by atoms with E-state index in [1.165, 1.54) is 5.56 Å². The van der Waals surface area contributed by atoms with E-state index in [4.69, 9.17) is 18.7 Å². The zero-order valence-electron chi connectivity index (χ0n) is 17.4. The van der Waals surface area contributed by atoms with Gasteiger partial charge in [-0.05, 0) is 42.7 Å². The van der Waals surface area contributed by atoms with Crippen molar-refractivity contribution in [1.82, 2.24) is 10.1 Å². The van der Waals surface area contributed by atoms with Gasteiger partial charge in [-0.2, -0.15) is 0 Å². The maximum absolute atomic E-state index is 6.07. The number of likely N-dealkylation sites (N-methyl/N-ethyl adjacent to an activating group) is 1. The van der Waals surface area contributed by atoms with Crippen LogP contribution >= 0.6 is 0 Å². The highest BCUT2D eigenvalue weighted by Gasteiger charge is 2.17. The van der Waals surface area contributed by atoms with Crippen molar-refractivity contribution < 1.29 is 18.7 Å². The standard InChI is InChI=1S/C23H28N2O4/c1-5-23(28-22-16-20(29-24-22)18-9-7-6-8-10-18)25(2)14-13-17-11-12-19(26-3)21(15-17)27-4/h6-12,15-16,23H,5,13-14H2,1-4H3. The molecule has 6 heteroatoms. The van der Waals surface area contributed by atoms with Gasteiger partial charge in [0.25, 0.3) is 5.88 Å². The van der Waals surface area contributed by atoms with Crippen LogP contribution in [0.4, 0.5) is 0 Å². The molecule has 0 aliphatic carbocycles. The van der Waals surface area contributed by atoms with E-state index in [1.807, 2.05) is 55.6 Å². The van der Waals surface area contributed by atoms with Crippen LogP contribution in [-0.4, -0.2) is 44.1 Å². The van der Waals surface area contributed by atoms with Crippen molar-refractivity contribution in [3.8, 4) is 28.7 Å². The molecule has 3 rings (SSSR count). The van der Waals surface area contributed by atoms with E-state index in [0.717, 1.165) is 36.4 Å². The van der Waals surface area contributed by atoms with Gasteiger partial charge >= 0.3 is 0 Å². The smallest absolute Gasteiger partial charge is 0.256 e. The van der Waals surface area contributed by atoms with Crippen molar-refractivity contribution in [3.63, 3.8) is 0 Å². The first-order valence-corrected chi connectivity index (χ1v) is 9.74. The Morgan fingerprint density at radius 1 is 1.00 bits per heavy atom. The zero-order valence-corrected chi connectivity index (χ0v) is 17.4. The fraction of sp³-hybridized carbons (Fsp3) is 0.348. The molecule has 6 nitrogen and oxygen atoms in total. The molecule has 0 saturated carbocycles. The molecular formula is C23H28N2O4. The highest BCUT2D eigenvalue weighted by molar-refractivity contribution is 5.57. The van der Waals surface area contributed by atoms with E-state index >= 15 is 0 Å². The largest absolute Gasteiger partial charge is 0.493 e. The molecule has 0 fully saturated rings. The van der Waals surface area contributed by atoms with E-state index in [0.29, 0.717) is 11.6 Å². The van der Waals surface area contributed by atoms with Crippen LogP contribution in [0.5, 0.6) is 17.4 Å². The molecule has 0 radical (unpaired) electrons. The predicted molar refractivity (Wildman–Crippen MR) is 113 cm³/mol. The van der Waals surface area contributed by atoms with Crippen LogP contribution in [0.2, 0.25) is 0 Å². The van der Waals surface area contributed by atoms with Gasteiger partial charge in [-0.25, -0.2) is 0 Å². The fourth-order valence-electron chi connectivity index (χ4n) is 3.16. The lowest BCUT2D eigenvalue weighted by molar-refractivity contribution is 0.0361. The van der Waals surface area contributed by atoms with Crippen molar-refractivity contribution in [1.29, 1.82) is 0 Å². The van der Waals surface area contributed by atoms with Crippen LogP contribution < -0.4 is 14.2 Å². The van der Waals surface area contributed by atoms with Gasteiger partial charge in [0.05, 0.1) is 14.2 Å². The molecular weight excluding hydrogens is 368 g/mol. The van der Waals surface area contributed by atoms with Gasteiger partial charge in [0.15, 0.2) is 23.5 Å². The third kappa shape index (κ3) is 5.29. The molecule has 3 aromatic rings. The number of rotatable bonds is 10. The Labute approximate surface area is 172 Å². The van der Waals surface area contributed by atoms with Gasteiger partial charge in [-0.1, -0.05) is 43.3 Å². The minimum Gasteiger partial charge on any atom is -0.493 e. The number of hydrogen-bond acceptors (Lipinski definition) is 6. The van der Waals surface area contributed by atoms with Crippen LogP contribution in [0.1, 0.15) is 18.9 Å². The molecule has 0 aliphatic rings. The SMILES string of the molecule is CCC(Oc1cc(-c2ccccc2)on1)N(C)CCc1ccc(OC)c(OC)c1. The van der Waals surface area contributed by atoms with Gasteiger partial charge in [0.2, 0.25) is 0 Å². The Morgan fingerprint density at radius 2 is 1.76 bits per heavy atom. The molecule has 1 unspecified atom stereocenters. The lowest BCUT2D eigenvalue weighted by Gasteiger charge is -2.26. The van der Waals surface area contributed by atoms with Crippen molar-refractivity contribution in [2.75, 3.05) is 27.8 Å². The van der Waals surface area contributed by atoms with E-state index in [1.54, 1.807) is 14.2 Å². The second kappa shape index (κ2) is 9.98. The van der Waals surface area contributed by atoms with Crippen molar-refractivity contribution in [3.05, 3.63) is 60.2 Å². The number of nitrogens with zero attached hydrogens (tertiary/aromatic N) is 2. The molecule has 0 aliphatic heterocycles. The quantitative estimate of drug-likeness (QED) is 0.465. The summed E-state index contributed by atoms with van der Waals surface area (Å²) in [6.07, 6.45) is 1.60. The fourth-order valence-corrected chi connectivity index (χ4v) is 3.16. The van der Waals surface area contributed by atoms with Crippen LogP contribution in [0.15, 0.2) is 59.1 Å². The average molecular weight is 396 g/mol. The minimum atomic E-state index is -0.0936. The Balaban J connectivity index is 1.59. The summed E-state index contributed by atoms with van der Waals surface area (Å²) >= 11 is 0. The van der Waals surface area contributed by atoms with Crippen LogP contribution in [0, 0.1) is 0 Å². The van der Waals surface area contributed by atoms with Gasteiger partial charge in [0.1, 0.15) is 0 Å². The molecule has 2 aromatic carbocycles. The summed E-state index contributed by atoms with van der Waals surface area (Å²) in [7, 11) is 5.34.